The van der Waals surface area contributed by atoms with E-state index in [1.54, 1.807) is 0 Å². The summed E-state index contributed by atoms with van der Waals surface area (Å²) in [5, 5.41) is 0. The molecule has 15 heavy (non-hydrogen) atoms. The second-order valence-corrected chi connectivity index (χ2v) is 4.16. The number of benzene rings is 1. The second-order valence-electron chi connectivity index (χ2n) is 4.16. The topological polar surface area (TPSA) is 0 Å². The third-order valence-electron chi connectivity index (χ3n) is 2.88. The Balaban J connectivity index is 0.00000112. The van der Waals surface area contributed by atoms with Crippen LogP contribution in [-0.2, 0) is 5.41 Å². The SMILES string of the molecule is CC(C)(c1ccccc1)[c-]1cccc1.[Li+]. The molecule has 0 fully saturated rings. The summed E-state index contributed by atoms with van der Waals surface area (Å²) < 4.78 is 0. The van der Waals surface area contributed by atoms with Crippen LogP contribution in [0.2, 0.25) is 0 Å². The Kier molecular flexibility index (Phi) is 3.91. The van der Waals surface area contributed by atoms with Gasteiger partial charge in [0.1, 0.15) is 0 Å². The molecule has 0 unspecified atom stereocenters. The van der Waals surface area contributed by atoms with Crippen molar-refractivity contribution < 1.29 is 18.9 Å². The first-order chi connectivity index (χ1) is 6.71. The fourth-order valence-electron chi connectivity index (χ4n) is 1.81. The average Bonchev–Trinajstić information content (AvgIpc) is 2.72. The van der Waals surface area contributed by atoms with Crippen molar-refractivity contribution in [3.63, 3.8) is 0 Å². The summed E-state index contributed by atoms with van der Waals surface area (Å²) in [4.78, 5) is 0. The molecule has 0 aromatic heterocycles. The van der Waals surface area contributed by atoms with Crippen LogP contribution in [0.3, 0.4) is 0 Å². The van der Waals surface area contributed by atoms with Gasteiger partial charge in [0.05, 0.1) is 0 Å². The van der Waals surface area contributed by atoms with Crippen molar-refractivity contribution in [3.8, 4) is 0 Å². The monoisotopic (exact) mass is 190 g/mol. The van der Waals surface area contributed by atoms with Gasteiger partial charge in [-0.15, -0.1) is 5.56 Å². The van der Waals surface area contributed by atoms with Gasteiger partial charge in [-0.05, 0) is 11.0 Å². The zero-order chi connectivity index (χ0) is 10.0. The summed E-state index contributed by atoms with van der Waals surface area (Å²) in [6, 6.07) is 19.2. The molecule has 2 aromatic carbocycles. The molecule has 0 N–H and O–H groups in total. The Labute approximate surface area is 104 Å². The van der Waals surface area contributed by atoms with E-state index in [0.29, 0.717) is 0 Å². The van der Waals surface area contributed by atoms with Gasteiger partial charge in [0.2, 0.25) is 0 Å². The summed E-state index contributed by atoms with van der Waals surface area (Å²) in [6.45, 7) is 4.52. The van der Waals surface area contributed by atoms with Crippen molar-refractivity contribution in [2.24, 2.45) is 0 Å². The van der Waals surface area contributed by atoms with Crippen molar-refractivity contribution >= 4 is 0 Å². The maximum atomic E-state index is 2.26. The molecule has 0 spiro atoms. The van der Waals surface area contributed by atoms with E-state index in [1.165, 1.54) is 11.1 Å². The molecular weight excluding hydrogens is 175 g/mol. The van der Waals surface area contributed by atoms with E-state index in [2.05, 4.69) is 68.4 Å². The molecule has 0 bridgehead atoms. The molecule has 1 heteroatoms. The smallest absolute Gasteiger partial charge is 0.213 e. The first-order valence-corrected chi connectivity index (χ1v) is 4.99. The van der Waals surface area contributed by atoms with E-state index in [1.807, 2.05) is 0 Å². The molecule has 0 saturated carbocycles. The molecule has 0 aliphatic heterocycles. The first-order valence-electron chi connectivity index (χ1n) is 4.99. The van der Waals surface area contributed by atoms with Gasteiger partial charge in [-0.3, -0.25) is 0 Å². The van der Waals surface area contributed by atoms with Gasteiger partial charge in [0.25, 0.3) is 0 Å². The predicted molar refractivity (Wildman–Crippen MR) is 60.6 cm³/mol. The molecule has 0 nitrogen and oxygen atoms in total. The molecule has 0 aliphatic rings. The maximum absolute atomic E-state index is 2.26. The van der Waals surface area contributed by atoms with Crippen LogP contribution in [0, 0.1) is 0 Å². The van der Waals surface area contributed by atoms with Gasteiger partial charge in [0, 0.05) is 0 Å². The van der Waals surface area contributed by atoms with Crippen molar-refractivity contribution in [1.82, 2.24) is 0 Å². The van der Waals surface area contributed by atoms with Crippen LogP contribution in [0.1, 0.15) is 25.0 Å². The summed E-state index contributed by atoms with van der Waals surface area (Å²) in [5.41, 5.74) is 2.86. The van der Waals surface area contributed by atoms with Crippen molar-refractivity contribution in [2.75, 3.05) is 0 Å². The largest absolute Gasteiger partial charge is 1.00 e. The minimum atomic E-state index is 0. The number of rotatable bonds is 2. The van der Waals surface area contributed by atoms with E-state index < -0.39 is 0 Å². The van der Waals surface area contributed by atoms with Crippen LogP contribution < -0.4 is 18.9 Å². The van der Waals surface area contributed by atoms with Gasteiger partial charge in [-0.2, -0.15) is 12.1 Å². The zero-order valence-electron chi connectivity index (χ0n) is 9.70. The third kappa shape index (κ3) is 2.40. The minimum absolute atomic E-state index is 0. The Hall–Kier alpha value is -0.833. The Bertz CT molecular complexity index is 385. The molecule has 0 amide bonds. The van der Waals surface area contributed by atoms with Crippen LogP contribution in [0.5, 0.6) is 0 Å². The molecule has 0 atom stereocenters. The number of hydrogen-bond acceptors (Lipinski definition) is 0. The zero-order valence-corrected chi connectivity index (χ0v) is 9.70. The molecule has 0 heterocycles. The summed E-state index contributed by atoms with van der Waals surface area (Å²) in [5.74, 6) is 0. The van der Waals surface area contributed by atoms with E-state index in [9.17, 15) is 0 Å². The van der Waals surface area contributed by atoms with E-state index in [4.69, 9.17) is 0 Å². The average molecular weight is 190 g/mol. The predicted octanol–water partition coefficient (Wildman–Crippen LogP) is 0.735. The van der Waals surface area contributed by atoms with Gasteiger partial charge in [0.15, 0.2) is 0 Å². The van der Waals surface area contributed by atoms with Crippen LogP contribution >= 0.6 is 0 Å². The molecule has 0 aliphatic carbocycles. The molecule has 2 aromatic rings. The van der Waals surface area contributed by atoms with Crippen LogP contribution in [-0.4, -0.2) is 0 Å². The quantitative estimate of drug-likeness (QED) is 0.484. The van der Waals surface area contributed by atoms with Gasteiger partial charge < -0.3 is 0 Å². The summed E-state index contributed by atoms with van der Waals surface area (Å²) >= 11 is 0. The number of hydrogen-bond donors (Lipinski definition) is 0. The van der Waals surface area contributed by atoms with Gasteiger partial charge in [-0.1, -0.05) is 44.2 Å². The van der Waals surface area contributed by atoms with Crippen molar-refractivity contribution in [2.45, 2.75) is 19.3 Å². The summed E-state index contributed by atoms with van der Waals surface area (Å²) in [7, 11) is 0. The molecule has 0 saturated heterocycles. The molecule has 72 valence electrons. The van der Waals surface area contributed by atoms with Gasteiger partial charge in [-0.25, -0.2) is 12.1 Å². The van der Waals surface area contributed by atoms with Crippen LogP contribution in [0.25, 0.3) is 0 Å². The Morgan fingerprint density at radius 3 is 1.93 bits per heavy atom. The molecule has 0 radical (unpaired) electrons. The van der Waals surface area contributed by atoms with Gasteiger partial charge >= 0.3 is 18.9 Å². The third-order valence-corrected chi connectivity index (χ3v) is 2.88. The van der Waals surface area contributed by atoms with Crippen molar-refractivity contribution in [1.29, 1.82) is 0 Å². The van der Waals surface area contributed by atoms with Crippen molar-refractivity contribution in [3.05, 3.63) is 65.7 Å². The molecule has 2 rings (SSSR count). The van der Waals surface area contributed by atoms with E-state index >= 15 is 0 Å². The van der Waals surface area contributed by atoms with Crippen LogP contribution in [0.4, 0.5) is 0 Å². The second kappa shape index (κ2) is 4.79. The Morgan fingerprint density at radius 1 is 0.867 bits per heavy atom. The maximum Gasteiger partial charge on any atom is 1.00 e. The first kappa shape index (κ1) is 12.2. The summed E-state index contributed by atoms with van der Waals surface area (Å²) in [6.07, 6.45) is 0. The fourth-order valence-corrected chi connectivity index (χ4v) is 1.81. The van der Waals surface area contributed by atoms with E-state index in [-0.39, 0.29) is 24.3 Å². The Morgan fingerprint density at radius 2 is 1.40 bits per heavy atom. The fraction of sp³-hybridized carbons (Fsp3) is 0.214. The standard InChI is InChI=1S/C14H15.Li/c1-14(2,13-10-6-7-11-13)12-8-4-3-5-9-12;/h3-11H,1-2H3;/q-1;+1. The molecular formula is C14H15Li. The normalized spacial score (nSPS) is 10.8. The minimum Gasteiger partial charge on any atom is -0.213 e. The van der Waals surface area contributed by atoms with Crippen LogP contribution in [0.15, 0.2) is 54.6 Å². The van der Waals surface area contributed by atoms with E-state index in [0.717, 1.165) is 0 Å².